The lowest BCUT2D eigenvalue weighted by Gasteiger charge is -2.08. The molecule has 0 radical (unpaired) electrons. The molecule has 2 aromatic carbocycles. The highest BCUT2D eigenvalue weighted by atomic mass is 19.1. The predicted octanol–water partition coefficient (Wildman–Crippen LogP) is 3.93. The normalized spacial score (nSPS) is 11.1. The Bertz CT molecular complexity index is 1180. The quantitative estimate of drug-likeness (QED) is 0.572. The Morgan fingerprint density at radius 2 is 1.74 bits per heavy atom. The second kappa shape index (κ2) is 6.64. The molecular weight excluding hydrogens is 357 g/mol. The lowest BCUT2D eigenvalue weighted by Crippen LogP contribution is -2.17. The molecule has 5 nitrogen and oxygen atoms in total. The summed E-state index contributed by atoms with van der Waals surface area (Å²) in [7, 11) is 0. The summed E-state index contributed by atoms with van der Waals surface area (Å²) in [6.45, 7) is 0.228. The van der Waals surface area contributed by atoms with Gasteiger partial charge in [-0.2, -0.15) is 0 Å². The van der Waals surface area contributed by atoms with E-state index in [0.717, 1.165) is 17.7 Å². The van der Waals surface area contributed by atoms with Crippen LogP contribution >= 0.6 is 0 Å². The fourth-order valence-corrected chi connectivity index (χ4v) is 2.78. The summed E-state index contributed by atoms with van der Waals surface area (Å²) in [4.78, 5) is 19.2. The van der Waals surface area contributed by atoms with Gasteiger partial charge in [0, 0.05) is 6.07 Å². The summed E-state index contributed by atoms with van der Waals surface area (Å²) < 4.78 is 41.2. The maximum atomic E-state index is 13.8. The number of nitrogens with one attached hydrogen (secondary N) is 2. The summed E-state index contributed by atoms with van der Waals surface area (Å²) in [6, 6.07) is 10.6. The summed E-state index contributed by atoms with van der Waals surface area (Å²) in [5.74, 6) is -1.77. The number of H-pyrrole nitrogens is 1. The molecule has 0 unspecified atom stereocenters. The van der Waals surface area contributed by atoms with E-state index >= 15 is 0 Å². The highest BCUT2D eigenvalue weighted by Crippen LogP contribution is 2.22. The number of nitrogens with zero attached hydrogens (tertiary/aromatic N) is 2. The van der Waals surface area contributed by atoms with Gasteiger partial charge in [0.15, 0.2) is 5.65 Å². The van der Waals surface area contributed by atoms with Crippen LogP contribution in [0.2, 0.25) is 0 Å². The van der Waals surface area contributed by atoms with Crippen LogP contribution in [-0.2, 0) is 6.54 Å². The molecule has 0 aliphatic rings. The predicted molar refractivity (Wildman–Crippen MR) is 95.5 cm³/mol. The SMILES string of the molecule is O=c1[nH]c2cc(Nc3ccc(F)cc3F)cnc2n1Cc1ccc(F)cc1. The van der Waals surface area contributed by atoms with Crippen molar-refractivity contribution >= 4 is 22.5 Å². The molecule has 0 saturated carbocycles. The number of imidazole rings is 1. The fourth-order valence-electron chi connectivity index (χ4n) is 2.78. The minimum Gasteiger partial charge on any atom is -0.352 e. The molecule has 2 aromatic heterocycles. The van der Waals surface area contributed by atoms with Gasteiger partial charge in [0.05, 0.1) is 29.6 Å². The summed E-state index contributed by atoms with van der Waals surface area (Å²) in [5.41, 5.74) is 1.77. The molecule has 0 fully saturated rings. The summed E-state index contributed by atoms with van der Waals surface area (Å²) in [6.07, 6.45) is 1.44. The van der Waals surface area contributed by atoms with Crippen molar-refractivity contribution in [1.29, 1.82) is 0 Å². The Morgan fingerprint density at radius 1 is 1.00 bits per heavy atom. The lowest BCUT2D eigenvalue weighted by molar-refractivity contribution is 0.586. The van der Waals surface area contributed by atoms with Gasteiger partial charge in [-0.15, -0.1) is 0 Å². The van der Waals surface area contributed by atoms with E-state index in [2.05, 4.69) is 15.3 Å². The number of pyridine rings is 1. The van der Waals surface area contributed by atoms with E-state index < -0.39 is 11.6 Å². The molecule has 4 rings (SSSR count). The summed E-state index contributed by atoms with van der Waals surface area (Å²) in [5, 5.41) is 2.80. The molecule has 8 heteroatoms. The number of benzene rings is 2. The lowest BCUT2D eigenvalue weighted by atomic mass is 10.2. The first-order valence-electron chi connectivity index (χ1n) is 8.05. The molecule has 0 bridgehead atoms. The van der Waals surface area contributed by atoms with Crippen molar-refractivity contribution < 1.29 is 13.2 Å². The first kappa shape index (κ1) is 16.9. The molecular formula is C19H13F3N4O. The second-order valence-corrected chi connectivity index (χ2v) is 5.99. The molecule has 0 amide bonds. The van der Waals surface area contributed by atoms with Gasteiger partial charge in [-0.1, -0.05) is 12.1 Å². The van der Waals surface area contributed by atoms with Gasteiger partial charge in [-0.05, 0) is 35.9 Å². The standard InChI is InChI=1S/C19H13F3N4O/c20-12-3-1-11(2-4-12)10-26-18-17(25-19(26)27)8-14(9-23-18)24-16-6-5-13(21)7-15(16)22/h1-9,24H,10H2,(H,25,27). The number of halogens is 3. The average molecular weight is 370 g/mol. The Kier molecular flexibility index (Phi) is 4.15. The first-order valence-corrected chi connectivity index (χ1v) is 8.05. The summed E-state index contributed by atoms with van der Waals surface area (Å²) >= 11 is 0. The van der Waals surface area contributed by atoms with Crippen LogP contribution in [0.1, 0.15) is 5.56 Å². The van der Waals surface area contributed by atoms with Crippen LogP contribution in [0.5, 0.6) is 0 Å². The number of hydrogen-bond acceptors (Lipinski definition) is 3. The van der Waals surface area contributed by atoms with Crippen LogP contribution in [0.4, 0.5) is 24.5 Å². The van der Waals surface area contributed by atoms with Gasteiger partial charge in [0.2, 0.25) is 0 Å². The maximum absolute atomic E-state index is 13.8. The van der Waals surface area contributed by atoms with Crippen molar-refractivity contribution in [2.24, 2.45) is 0 Å². The molecule has 0 atom stereocenters. The van der Waals surface area contributed by atoms with E-state index in [1.807, 2.05) is 0 Å². The number of anilines is 2. The minimum atomic E-state index is -0.738. The van der Waals surface area contributed by atoms with Gasteiger partial charge in [-0.25, -0.2) is 22.9 Å². The van der Waals surface area contributed by atoms with Crippen LogP contribution in [0, 0.1) is 17.5 Å². The highest BCUT2D eigenvalue weighted by Gasteiger charge is 2.11. The Hall–Kier alpha value is -3.55. The van der Waals surface area contributed by atoms with Crippen molar-refractivity contribution in [3.8, 4) is 0 Å². The van der Waals surface area contributed by atoms with E-state index in [-0.39, 0.29) is 23.7 Å². The highest BCUT2D eigenvalue weighted by molar-refractivity contribution is 5.76. The van der Waals surface area contributed by atoms with E-state index in [4.69, 9.17) is 0 Å². The monoisotopic (exact) mass is 370 g/mol. The fraction of sp³-hybridized carbons (Fsp3) is 0.0526. The van der Waals surface area contributed by atoms with E-state index in [0.29, 0.717) is 16.9 Å². The zero-order valence-electron chi connectivity index (χ0n) is 13.8. The van der Waals surface area contributed by atoms with Gasteiger partial charge >= 0.3 is 5.69 Å². The van der Waals surface area contributed by atoms with Gasteiger partial charge in [0.25, 0.3) is 0 Å². The molecule has 2 N–H and O–H groups in total. The molecule has 136 valence electrons. The first-order chi connectivity index (χ1) is 13.0. The van der Waals surface area contributed by atoms with Gasteiger partial charge in [0.1, 0.15) is 17.5 Å². The molecule has 4 aromatic rings. The van der Waals surface area contributed by atoms with Gasteiger partial charge < -0.3 is 10.3 Å². The number of hydrogen-bond donors (Lipinski definition) is 2. The van der Waals surface area contributed by atoms with E-state index in [1.165, 1.54) is 29.0 Å². The second-order valence-electron chi connectivity index (χ2n) is 5.99. The topological polar surface area (TPSA) is 62.7 Å². The molecule has 2 heterocycles. The van der Waals surface area contributed by atoms with Crippen molar-refractivity contribution in [3.63, 3.8) is 0 Å². The van der Waals surface area contributed by atoms with Crippen molar-refractivity contribution in [3.05, 3.63) is 88.2 Å². The minimum absolute atomic E-state index is 0.0886. The van der Waals surface area contributed by atoms with Crippen molar-refractivity contribution in [2.75, 3.05) is 5.32 Å². The number of aromatic amines is 1. The van der Waals surface area contributed by atoms with Crippen LogP contribution < -0.4 is 11.0 Å². The largest absolute Gasteiger partial charge is 0.352 e. The van der Waals surface area contributed by atoms with Crippen molar-refractivity contribution in [2.45, 2.75) is 6.54 Å². The molecule has 0 spiro atoms. The van der Waals surface area contributed by atoms with Crippen LogP contribution in [0.3, 0.4) is 0 Å². The average Bonchev–Trinajstić information content (AvgIpc) is 2.94. The molecule has 0 aliphatic heterocycles. The molecule has 0 aliphatic carbocycles. The van der Waals surface area contributed by atoms with Crippen LogP contribution in [0.15, 0.2) is 59.5 Å². The van der Waals surface area contributed by atoms with Crippen LogP contribution in [-0.4, -0.2) is 14.5 Å². The third-order valence-corrected chi connectivity index (χ3v) is 4.07. The van der Waals surface area contributed by atoms with Gasteiger partial charge in [-0.3, -0.25) is 4.57 Å². The zero-order valence-corrected chi connectivity index (χ0v) is 13.8. The van der Waals surface area contributed by atoms with E-state index in [1.54, 1.807) is 18.2 Å². The molecule has 27 heavy (non-hydrogen) atoms. The smallest absolute Gasteiger partial charge is 0.327 e. The number of rotatable bonds is 4. The zero-order chi connectivity index (χ0) is 19.0. The Morgan fingerprint density at radius 3 is 2.48 bits per heavy atom. The third-order valence-electron chi connectivity index (χ3n) is 4.07. The van der Waals surface area contributed by atoms with Crippen molar-refractivity contribution in [1.82, 2.24) is 14.5 Å². The van der Waals surface area contributed by atoms with E-state index in [9.17, 15) is 18.0 Å². The molecule has 0 saturated heterocycles. The Balaban J connectivity index is 1.65. The number of aromatic nitrogens is 3. The number of fused-ring (bicyclic) bond motifs is 1. The van der Waals surface area contributed by atoms with Crippen LogP contribution in [0.25, 0.3) is 11.2 Å². The maximum Gasteiger partial charge on any atom is 0.327 e. The third kappa shape index (κ3) is 3.41. The Labute approximate surface area is 151 Å².